The molecule has 0 aliphatic heterocycles. The van der Waals surface area contributed by atoms with Gasteiger partial charge in [0, 0.05) is 16.3 Å². The molecule has 0 amide bonds. The average molecular weight is 264 g/mol. The van der Waals surface area contributed by atoms with E-state index in [-0.39, 0.29) is 0 Å². The molecule has 2 aromatic carbocycles. The van der Waals surface area contributed by atoms with E-state index in [1.54, 1.807) is 25.3 Å². The second-order valence-corrected chi connectivity index (χ2v) is 4.22. The summed E-state index contributed by atoms with van der Waals surface area (Å²) in [7, 11) is 1.61. The van der Waals surface area contributed by atoms with Crippen molar-refractivity contribution in [3.63, 3.8) is 0 Å². The third-order valence-corrected chi connectivity index (χ3v) is 2.79. The van der Waals surface area contributed by atoms with Crippen molar-refractivity contribution in [2.24, 2.45) is 0 Å². The van der Waals surface area contributed by atoms with Gasteiger partial charge in [0.25, 0.3) is 0 Å². The SMILES string of the molecule is COc1ccccc1OCc1cc(Cl)ccc1N. The number of rotatable bonds is 4. The number of nitrogens with two attached hydrogens (primary N) is 1. The highest BCUT2D eigenvalue weighted by molar-refractivity contribution is 6.30. The van der Waals surface area contributed by atoms with Crippen molar-refractivity contribution in [1.29, 1.82) is 0 Å². The summed E-state index contributed by atoms with van der Waals surface area (Å²) in [4.78, 5) is 0. The second kappa shape index (κ2) is 5.65. The van der Waals surface area contributed by atoms with E-state index in [1.165, 1.54) is 0 Å². The lowest BCUT2D eigenvalue weighted by Crippen LogP contribution is -2.01. The first-order chi connectivity index (χ1) is 8.70. The van der Waals surface area contributed by atoms with Crippen LogP contribution in [0.5, 0.6) is 11.5 Å². The normalized spacial score (nSPS) is 10.1. The highest BCUT2D eigenvalue weighted by Gasteiger charge is 2.05. The fourth-order valence-electron chi connectivity index (χ4n) is 1.59. The molecule has 0 heterocycles. The molecule has 0 bridgehead atoms. The van der Waals surface area contributed by atoms with Crippen LogP contribution in [-0.4, -0.2) is 7.11 Å². The van der Waals surface area contributed by atoms with Gasteiger partial charge in [-0.2, -0.15) is 0 Å². The number of anilines is 1. The van der Waals surface area contributed by atoms with Crippen LogP contribution < -0.4 is 15.2 Å². The predicted octanol–water partition coefficient (Wildman–Crippen LogP) is 3.51. The first kappa shape index (κ1) is 12.6. The Morgan fingerprint density at radius 3 is 2.56 bits per heavy atom. The van der Waals surface area contributed by atoms with Gasteiger partial charge in [0.2, 0.25) is 0 Å². The van der Waals surface area contributed by atoms with E-state index in [0.717, 1.165) is 5.56 Å². The number of hydrogen-bond acceptors (Lipinski definition) is 3. The molecule has 0 fully saturated rings. The summed E-state index contributed by atoms with van der Waals surface area (Å²) < 4.78 is 10.9. The number of nitrogen functional groups attached to an aromatic ring is 1. The molecule has 4 heteroatoms. The lowest BCUT2D eigenvalue weighted by Gasteiger charge is -2.11. The molecule has 18 heavy (non-hydrogen) atoms. The third-order valence-electron chi connectivity index (χ3n) is 2.56. The van der Waals surface area contributed by atoms with E-state index in [9.17, 15) is 0 Å². The van der Waals surface area contributed by atoms with Crippen LogP contribution in [0.4, 0.5) is 5.69 Å². The predicted molar refractivity (Wildman–Crippen MR) is 73.2 cm³/mol. The maximum Gasteiger partial charge on any atom is 0.161 e. The van der Waals surface area contributed by atoms with E-state index < -0.39 is 0 Å². The van der Waals surface area contributed by atoms with E-state index in [0.29, 0.717) is 28.8 Å². The molecular formula is C14H14ClNO2. The first-order valence-corrected chi connectivity index (χ1v) is 5.88. The topological polar surface area (TPSA) is 44.5 Å². The minimum Gasteiger partial charge on any atom is -0.493 e. The smallest absolute Gasteiger partial charge is 0.161 e. The van der Waals surface area contributed by atoms with Crippen LogP contribution in [0.1, 0.15) is 5.56 Å². The number of halogens is 1. The molecule has 0 saturated heterocycles. The molecule has 94 valence electrons. The minimum atomic E-state index is 0.354. The summed E-state index contributed by atoms with van der Waals surface area (Å²) in [6.45, 7) is 0.354. The van der Waals surface area contributed by atoms with Gasteiger partial charge >= 0.3 is 0 Å². The maximum absolute atomic E-state index is 5.92. The number of para-hydroxylation sites is 2. The van der Waals surface area contributed by atoms with Gasteiger partial charge in [-0.15, -0.1) is 0 Å². The van der Waals surface area contributed by atoms with Gasteiger partial charge in [0.05, 0.1) is 7.11 Å². The fourth-order valence-corrected chi connectivity index (χ4v) is 1.79. The van der Waals surface area contributed by atoms with Crippen molar-refractivity contribution >= 4 is 17.3 Å². The summed E-state index contributed by atoms with van der Waals surface area (Å²) in [6.07, 6.45) is 0. The molecule has 0 unspecified atom stereocenters. The van der Waals surface area contributed by atoms with Crippen molar-refractivity contribution < 1.29 is 9.47 Å². The monoisotopic (exact) mass is 263 g/mol. The highest BCUT2D eigenvalue weighted by Crippen LogP contribution is 2.27. The highest BCUT2D eigenvalue weighted by atomic mass is 35.5. The van der Waals surface area contributed by atoms with Crippen LogP contribution in [0.15, 0.2) is 42.5 Å². The van der Waals surface area contributed by atoms with E-state index >= 15 is 0 Å². The molecule has 0 aliphatic carbocycles. The van der Waals surface area contributed by atoms with Crippen LogP contribution in [0.3, 0.4) is 0 Å². The number of methoxy groups -OCH3 is 1. The molecule has 0 radical (unpaired) electrons. The number of ether oxygens (including phenoxy) is 2. The van der Waals surface area contributed by atoms with Crippen LogP contribution in [0, 0.1) is 0 Å². The summed E-state index contributed by atoms with van der Waals surface area (Å²) in [5.74, 6) is 1.37. The van der Waals surface area contributed by atoms with E-state index in [4.69, 9.17) is 26.8 Å². The van der Waals surface area contributed by atoms with Gasteiger partial charge in [-0.25, -0.2) is 0 Å². The van der Waals surface area contributed by atoms with Gasteiger partial charge in [0.15, 0.2) is 11.5 Å². The Balaban J connectivity index is 2.14. The molecule has 0 atom stereocenters. The first-order valence-electron chi connectivity index (χ1n) is 5.50. The van der Waals surface area contributed by atoms with Crippen molar-refractivity contribution in [3.8, 4) is 11.5 Å². The Labute approximate surface area is 111 Å². The zero-order chi connectivity index (χ0) is 13.0. The molecule has 0 aromatic heterocycles. The molecule has 0 aliphatic rings. The average Bonchev–Trinajstić information content (AvgIpc) is 2.40. The van der Waals surface area contributed by atoms with Crippen LogP contribution in [0.25, 0.3) is 0 Å². The molecule has 0 saturated carbocycles. The Hall–Kier alpha value is -1.87. The Morgan fingerprint density at radius 1 is 1.11 bits per heavy atom. The summed E-state index contributed by atoms with van der Waals surface area (Å²) in [6, 6.07) is 12.8. The van der Waals surface area contributed by atoms with Crippen molar-refractivity contribution in [2.45, 2.75) is 6.61 Å². The van der Waals surface area contributed by atoms with Gasteiger partial charge in [-0.05, 0) is 30.3 Å². The van der Waals surface area contributed by atoms with Gasteiger partial charge in [0.1, 0.15) is 6.61 Å². The molecule has 3 nitrogen and oxygen atoms in total. The minimum absolute atomic E-state index is 0.354. The molecule has 0 spiro atoms. The van der Waals surface area contributed by atoms with Crippen LogP contribution >= 0.6 is 11.6 Å². The van der Waals surface area contributed by atoms with Gasteiger partial charge < -0.3 is 15.2 Å². The Bertz CT molecular complexity index is 543. The third kappa shape index (κ3) is 2.87. The van der Waals surface area contributed by atoms with Crippen molar-refractivity contribution in [2.75, 3.05) is 12.8 Å². The van der Waals surface area contributed by atoms with Gasteiger partial charge in [-0.3, -0.25) is 0 Å². The number of hydrogen-bond donors (Lipinski definition) is 1. The summed E-state index contributed by atoms with van der Waals surface area (Å²) in [5.41, 5.74) is 7.37. The molecule has 2 rings (SSSR count). The zero-order valence-corrected chi connectivity index (χ0v) is 10.8. The Kier molecular flexibility index (Phi) is 3.95. The zero-order valence-electron chi connectivity index (χ0n) is 10.0. The lowest BCUT2D eigenvalue weighted by atomic mass is 10.2. The maximum atomic E-state index is 5.92. The lowest BCUT2D eigenvalue weighted by molar-refractivity contribution is 0.285. The van der Waals surface area contributed by atoms with Crippen molar-refractivity contribution in [3.05, 3.63) is 53.1 Å². The van der Waals surface area contributed by atoms with Crippen LogP contribution in [0.2, 0.25) is 5.02 Å². The largest absolute Gasteiger partial charge is 0.493 e. The van der Waals surface area contributed by atoms with E-state index in [1.807, 2.05) is 24.3 Å². The summed E-state index contributed by atoms with van der Waals surface area (Å²) >= 11 is 5.92. The van der Waals surface area contributed by atoms with E-state index in [2.05, 4.69) is 0 Å². The second-order valence-electron chi connectivity index (χ2n) is 3.78. The summed E-state index contributed by atoms with van der Waals surface area (Å²) in [5, 5.41) is 0.642. The van der Waals surface area contributed by atoms with Crippen LogP contribution in [-0.2, 0) is 6.61 Å². The van der Waals surface area contributed by atoms with Gasteiger partial charge in [-0.1, -0.05) is 23.7 Å². The quantitative estimate of drug-likeness (QED) is 0.859. The molecular weight excluding hydrogens is 250 g/mol. The molecule has 2 aromatic rings. The van der Waals surface area contributed by atoms with Crippen molar-refractivity contribution in [1.82, 2.24) is 0 Å². The fraction of sp³-hybridized carbons (Fsp3) is 0.143. The Morgan fingerprint density at radius 2 is 1.83 bits per heavy atom. The molecule has 2 N–H and O–H groups in total. The standard InChI is InChI=1S/C14H14ClNO2/c1-17-13-4-2-3-5-14(13)18-9-10-8-11(15)6-7-12(10)16/h2-8H,9,16H2,1H3. The number of benzene rings is 2.